The summed E-state index contributed by atoms with van der Waals surface area (Å²) in [5.74, 6) is -0.371. The van der Waals surface area contributed by atoms with Crippen molar-refractivity contribution in [1.29, 1.82) is 5.26 Å². The van der Waals surface area contributed by atoms with E-state index >= 15 is 0 Å². The second kappa shape index (κ2) is 7.98. The molecule has 1 atom stereocenters. The number of piperazine rings is 1. The number of nitriles is 1. The van der Waals surface area contributed by atoms with Gasteiger partial charge in [0.25, 0.3) is 0 Å². The van der Waals surface area contributed by atoms with E-state index in [-0.39, 0.29) is 18.5 Å². The van der Waals surface area contributed by atoms with E-state index in [1.165, 1.54) is 0 Å². The van der Waals surface area contributed by atoms with E-state index in [2.05, 4.69) is 23.6 Å². The summed E-state index contributed by atoms with van der Waals surface area (Å²) in [5.41, 5.74) is 1.66. The standard InChI is InChI=1S/C18H25N3O2/c1-14(2)20-10-12-21(13-11-20)17-6-4-16(5-7-17)18(22)23-15(3)8-9-19/h4-7,14-15H,8,10-13H2,1-3H3/t15-/m0/s1. The number of esters is 1. The highest BCUT2D eigenvalue weighted by molar-refractivity contribution is 5.90. The molecule has 0 radical (unpaired) electrons. The maximum absolute atomic E-state index is 12.0. The molecule has 2 rings (SSSR count). The van der Waals surface area contributed by atoms with Gasteiger partial charge in [-0.3, -0.25) is 4.90 Å². The lowest BCUT2D eigenvalue weighted by atomic mass is 10.1. The van der Waals surface area contributed by atoms with Crippen molar-refractivity contribution >= 4 is 11.7 Å². The number of nitrogens with zero attached hydrogens (tertiary/aromatic N) is 3. The Hall–Kier alpha value is -2.06. The molecule has 124 valence electrons. The van der Waals surface area contributed by atoms with Crippen molar-refractivity contribution in [2.75, 3.05) is 31.1 Å². The van der Waals surface area contributed by atoms with Gasteiger partial charge in [-0.15, -0.1) is 0 Å². The number of carbonyl (C=O) groups excluding carboxylic acids is 1. The SMILES string of the molecule is CC(C)N1CCN(c2ccc(C(=O)O[C@@H](C)CC#N)cc2)CC1. The highest BCUT2D eigenvalue weighted by Gasteiger charge is 2.19. The van der Waals surface area contributed by atoms with Crippen LogP contribution in [-0.4, -0.2) is 49.2 Å². The van der Waals surface area contributed by atoms with Gasteiger partial charge in [-0.05, 0) is 45.0 Å². The van der Waals surface area contributed by atoms with Crippen molar-refractivity contribution in [3.05, 3.63) is 29.8 Å². The molecule has 0 unspecified atom stereocenters. The minimum atomic E-state index is -0.378. The van der Waals surface area contributed by atoms with E-state index in [9.17, 15) is 4.79 Å². The van der Waals surface area contributed by atoms with Gasteiger partial charge in [0, 0.05) is 37.9 Å². The summed E-state index contributed by atoms with van der Waals surface area (Å²) >= 11 is 0. The molecule has 1 aliphatic heterocycles. The molecular weight excluding hydrogens is 290 g/mol. The van der Waals surface area contributed by atoms with Crippen molar-refractivity contribution in [3.63, 3.8) is 0 Å². The molecule has 0 amide bonds. The smallest absolute Gasteiger partial charge is 0.338 e. The molecule has 5 heteroatoms. The lowest BCUT2D eigenvalue weighted by molar-refractivity contribution is 0.0351. The van der Waals surface area contributed by atoms with Crippen LogP contribution in [0.15, 0.2) is 24.3 Å². The zero-order chi connectivity index (χ0) is 16.8. The summed E-state index contributed by atoms with van der Waals surface area (Å²) in [6.07, 6.45) is -0.166. The van der Waals surface area contributed by atoms with Crippen LogP contribution in [0.5, 0.6) is 0 Å². The highest BCUT2D eigenvalue weighted by atomic mass is 16.5. The number of ether oxygens (including phenoxy) is 1. The minimum absolute atomic E-state index is 0.212. The fraction of sp³-hybridized carbons (Fsp3) is 0.556. The van der Waals surface area contributed by atoms with Crippen LogP contribution in [0.4, 0.5) is 5.69 Å². The first kappa shape index (κ1) is 17.3. The third-order valence-corrected chi connectivity index (χ3v) is 4.20. The molecule has 1 heterocycles. The van der Waals surface area contributed by atoms with Crippen LogP contribution >= 0.6 is 0 Å². The van der Waals surface area contributed by atoms with Crippen LogP contribution in [0.1, 0.15) is 37.6 Å². The number of rotatable bonds is 5. The molecule has 0 spiro atoms. The van der Waals surface area contributed by atoms with Crippen molar-refractivity contribution in [2.45, 2.75) is 39.3 Å². The van der Waals surface area contributed by atoms with E-state index < -0.39 is 0 Å². The van der Waals surface area contributed by atoms with Crippen molar-refractivity contribution in [1.82, 2.24) is 4.90 Å². The molecule has 1 aromatic rings. The quantitative estimate of drug-likeness (QED) is 0.782. The van der Waals surface area contributed by atoms with Crippen molar-refractivity contribution < 1.29 is 9.53 Å². The normalized spacial score (nSPS) is 16.9. The second-order valence-electron chi connectivity index (χ2n) is 6.24. The zero-order valence-corrected chi connectivity index (χ0v) is 14.2. The average molecular weight is 315 g/mol. The average Bonchev–Trinajstić information content (AvgIpc) is 2.55. The molecule has 0 aliphatic carbocycles. The number of anilines is 1. The molecule has 23 heavy (non-hydrogen) atoms. The molecule has 0 N–H and O–H groups in total. The Kier molecular flexibility index (Phi) is 6.00. The van der Waals surface area contributed by atoms with Crippen LogP contribution in [0, 0.1) is 11.3 Å². The Balaban J connectivity index is 1.92. The van der Waals surface area contributed by atoms with E-state index in [4.69, 9.17) is 10.00 Å². The first-order valence-corrected chi connectivity index (χ1v) is 8.18. The van der Waals surface area contributed by atoms with Crippen LogP contribution in [-0.2, 0) is 4.74 Å². The lowest BCUT2D eigenvalue weighted by Gasteiger charge is -2.38. The van der Waals surface area contributed by atoms with Crippen LogP contribution < -0.4 is 4.90 Å². The van der Waals surface area contributed by atoms with Gasteiger partial charge >= 0.3 is 5.97 Å². The van der Waals surface area contributed by atoms with Gasteiger partial charge < -0.3 is 9.64 Å². The Morgan fingerprint density at radius 3 is 2.30 bits per heavy atom. The molecule has 0 bridgehead atoms. The van der Waals surface area contributed by atoms with Gasteiger partial charge in [-0.1, -0.05) is 0 Å². The van der Waals surface area contributed by atoms with Gasteiger partial charge in [0.15, 0.2) is 0 Å². The van der Waals surface area contributed by atoms with Gasteiger partial charge in [0.2, 0.25) is 0 Å². The van der Waals surface area contributed by atoms with Crippen LogP contribution in [0.3, 0.4) is 0 Å². The van der Waals surface area contributed by atoms with Crippen LogP contribution in [0.25, 0.3) is 0 Å². The summed E-state index contributed by atoms with van der Waals surface area (Å²) < 4.78 is 5.22. The first-order chi connectivity index (χ1) is 11.0. The largest absolute Gasteiger partial charge is 0.458 e. The summed E-state index contributed by atoms with van der Waals surface area (Å²) in [7, 11) is 0. The predicted molar refractivity (Wildman–Crippen MR) is 90.5 cm³/mol. The molecule has 5 nitrogen and oxygen atoms in total. The summed E-state index contributed by atoms with van der Waals surface area (Å²) in [6, 6.07) is 10.1. The van der Waals surface area contributed by atoms with E-state index in [1.807, 2.05) is 18.2 Å². The van der Waals surface area contributed by atoms with Crippen molar-refractivity contribution in [2.24, 2.45) is 0 Å². The van der Waals surface area contributed by atoms with Gasteiger partial charge in [0.05, 0.1) is 18.1 Å². The fourth-order valence-electron chi connectivity index (χ4n) is 2.73. The number of carbonyl (C=O) groups is 1. The molecule has 0 aromatic heterocycles. The molecule has 1 aliphatic rings. The Labute approximate surface area is 138 Å². The Morgan fingerprint density at radius 1 is 1.17 bits per heavy atom. The monoisotopic (exact) mass is 315 g/mol. The number of hydrogen-bond donors (Lipinski definition) is 0. The van der Waals surface area contributed by atoms with E-state index in [0.29, 0.717) is 11.6 Å². The van der Waals surface area contributed by atoms with E-state index in [0.717, 1.165) is 31.9 Å². The van der Waals surface area contributed by atoms with Gasteiger partial charge in [-0.2, -0.15) is 5.26 Å². The first-order valence-electron chi connectivity index (χ1n) is 8.18. The van der Waals surface area contributed by atoms with E-state index in [1.54, 1.807) is 19.1 Å². The molecule has 1 saturated heterocycles. The third kappa shape index (κ3) is 4.70. The van der Waals surface area contributed by atoms with Gasteiger partial charge in [-0.25, -0.2) is 4.79 Å². The number of benzene rings is 1. The Morgan fingerprint density at radius 2 is 1.78 bits per heavy atom. The maximum atomic E-state index is 12.0. The summed E-state index contributed by atoms with van der Waals surface area (Å²) in [5, 5.41) is 8.60. The highest BCUT2D eigenvalue weighted by Crippen LogP contribution is 2.19. The van der Waals surface area contributed by atoms with Crippen LogP contribution in [0.2, 0.25) is 0 Å². The fourth-order valence-corrected chi connectivity index (χ4v) is 2.73. The second-order valence-corrected chi connectivity index (χ2v) is 6.24. The zero-order valence-electron chi connectivity index (χ0n) is 14.2. The van der Waals surface area contributed by atoms with Crippen molar-refractivity contribution in [3.8, 4) is 6.07 Å². The topological polar surface area (TPSA) is 56.6 Å². The maximum Gasteiger partial charge on any atom is 0.338 e. The molecular formula is C18H25N3O2. The molecule has 1 aromatic carbocycles. The number of hydrogen-bond acceptors (Lipinski definition) is 5. The third-order valence-electron chi connectivity index (χ3n) is 4.20. The summed E-state index contributed by atoms with van der Waals surface area (Å²) in [4.78, 5) is 16.8. The molecule has 1 fully saturated rings. The lowest BCUT2D eigenvalue weighted by Crippen LogP contribution is -2.48. The predicted octanol–water partition coefficient (Wildman–Crippen LogP) is 2.68. The molecule has 0 saturated carbocycles. The van der Waals surface area contributed by atoms with Gasteiger partial charge in [0.1, 0.15) is 6.10 Å². The minimum Gasteiger partial charge on any atom is -0.458 e. The Bertz CT molecular complexity index is 555. The summed E-state index contributed by atoms with van der Waals surface area (Å²) in [6.45, 7) is 10.3.